The van der Waals surface area contributed by atoms with Gasteiger partial charge >= 0.3 is 5.97 Å². The number of hydrogen-bond acceptors (Lipinski definition) is 7. The lowest BCUT2D eigenvalue weighted by atomic mass is 10.1. The quantitative estimate of drug-likeness (QED) is 0.367. The number of carbonyl (C=O) groups is 3. The summed E-state index contributed by atoms with van der Waals surface area (Å²) >= 11 is 0. The fourth-order valence-electron chi connectivity index (χ4n) is 2.47. The predicted octanol–water partition coefficient (Wildman–Crippen LogP) is 0.935. The van der Waals surface area contributed by atoms with Crippen LogP contribution in [0.4, 0.5) is 0 Å². The Balaban J connectivity index is 1.90. The third-order valence-corrected chi connectivity index (χ3v) is 3.78. The fourth-order valence-corrected chi connectivity index (χ4v) is 2.47. The molecule has 25 heavy (non-hydrogen) atoms. The zero-order valence-corrected chi connectivity index (χ0v) is 13.5. The topological polar surface area (TPSA) is 102 Å². The standard InChI is InChI=1S/C17H15NO7/c1-9-7-13(25-16(9)21)24-8-12(17(22)23-2)18-14(19)10-5-3-4-6-11(10)15(18)20/h3-8,13,17,22H,1-2H3/b12-8-. The first-order valence-corrected chi connectivity index (χ1v) is 7.37. The summed E-state index contributed by atoms with van der Waals surface area (Å²) in [5.41, 5.74) is 0.574. The Labute approximate surface area is 142 Å². The second-order valence-electron chi connectivity index (χ2n) is 5.38. The van der Waals surface area contributed by atoms with Crippen molar-refractivity contribution in [3.05, 3.63) is 59.0 Å². The van der Waals surface area contributed by atoms with Gasteiger partial charge in [0.1, 0.15) is 12.0 Å². The monoisotopic (exact) mass is 345 g/mol. The molecule has 0 fully saturated rings. The summed E-state index contributed by atoms with van der Waals surface area (Å²) in [6, 6.07) is 6.29. The SMILES string of the molecule is COC(O)/C(=C/OC1C=C(C)C(=O)O1)N1C(=O)c2ccccc2C1=O. The highest BCUT2D eigenvalue weighted by atomic mass is 16.7. The van der Waals surface area contributed by atoms with Gasteiger partial charge in [0.15, 0.2) is 6.29 Å². The van der Waals surface area contributed by atoms with Gasteiger partial charge < -0.3 is 19.3 Å². The molecule has 2 aliphatic heterocycles. The number of amides is 2. The molecule has 2 amide bonds. The van der Waals surface area contributed by atoms with Crippen LogP contribution < -0.4 is 0 Å². The molecule has 1 N–H and O–H groups in total. The smallest absolute Gasteiger partial charge is 0.336 e. The summed E-state index contributed by atoms with van der Waals surface area (Å²) in [5, 5.41) is 10.0. The van der Waals surface area contributed by atoms with E-state index in [-0.39, 0.29) is 16.8 Å². The molecule has 1 aromatic rings. The van der Waals surface area contributed by atoms with E-state index in [0.717, 1.165) is 11.2 Å². The highest BCUT2D eigenvalue weighted by Gasteiger charge is 2.40. The molecule has 2 atom stereocenters. The van der Waals surface area contributed by atoms with E-state index in [1.165, 1.54) is 25.3 Å². The lowest BCUT2D eigenvalue weighted by Crippen LogP contribution is -2.36. The second kappa shape index (κ2) is 6.50. The Hall–Kier alpha value is -2.97. The number of hydrogen-bond donors (Lipinski definition) is 1. The van der Waals surface area contributed by atoms with Crippen molar-refractivity contribution in [1.29, 1.82) is 0 Å². The maximum absolute atomic E-state index is 12.5. The van der Waals surface area contributed by atoms with Gasteiger partial charge in [0, 0.05) is 18.8 Å². The van der Waals surface area contributed by atoms with E-state index in [0.29, 0.717) is 5.57 Å². The summed E-state index contributed by atoms with van der Waals surface area (Å²) < 4.78 is 15.0. The molecule has 0 radical (unpaired) electrons. The number of nitrogens with zero attached hydrogens (tertiary/aromatic N) is 1. The molecule has 130 valence electrons. The summed E-state index contributed by atoms with van der Waals surface area (Å²) in [6.07, 6.45) is -0.202. The molecule has 1 aromatic carbocycles. The molecule has 2 heterocycles. The minimum Gasteiger partial charge on any atom is -0.457 e. The van der Waals surface area contributed by atoms with Crippen molar-refractivity contribution in [3.63, 3.8) is 0 Å². The van der Waals surface area contributed by atoms with E-state index in [2.05, 4.69) is 0 Å². The number of aliphatic hydroxyl groups excluding tert-OH is 1. The normalized spacial score (nSPS) is 21.2. The Morgan fingerprint density at radius 1 is 1.24 bits per heavy atom. The van der Waals surface area contributed by atoms with Crippen molar-refractivity contribution in [3.8, 4) is 0 Å². The van der Waals surface area contributed by atoms with Gasteiger partial charge in [0.05, 0.1) is 11.1 Å². The summed E-state index contributed by atoms with van der Waals surface area (Å²) in [6.45, 7) is 1.56. The number of carbonyl (C=O) groups excluding carboxylic acids is 3. The van der Waals surface area contributed by atoms with Crippen LogP contribution in [0.25, 0.3) is 0 Å². The summed E-state index contributed by atoms with van der Waals surface area (Å²) in [5.74, 6) is -1.75. The number of rotatable bonds is 5. The number of benzene rings is 1. The molecule has 8 nitrogen and oxygen atoms in total. The number of methoxy groups -OCH3 is 1. The Bertz CT molecular complexity index is 776. The maximum Gasteiger partial charge on any atom is 0.336 e. The predicted molar refractivity (Wildman–Crippen MR) is 82.8 cm³/mol. The number of aliphatic hydroxyl groups is 1. The lowest BCUT2D eigenvalue weighted by molar-refractivity contribution is -0.152. The van der Waals surface area contributed by atoms with Crippen molar-refractivity contribution < 1.29 is 33.7 Å². The average Bonchev–Trinajstić information content (AvgIpc) is 3.06. The van der Waals surface area contributed by atoms with Crippen LogP contribution in [0, 0.1) is 0 Å². The van der Waals surface area contributed by atoms with Gasteiger partial charge in [0.2, 0.25) is 0 Å². The van der Waals surface area contributed by atoms with Crippen molar-refractivity contribution in [1.82, 2.24) is 4.90 Å². The average molecular weight is 345 g/mol. The van der Waals surface area contributed by atoms with Crippen LogP contribution in [-0.4, -0.2) is 47.5 Å². The first-order valence-electron chi connectivity index (χ1n) is 7.37. The van der Waals surface area contributed by atoms with Gasteiger partial charge in [-0.3, -0.25) is 9.59 Å². The molecular formula is C17H15NO7. The molecule has 0 saturated carbocycles. The number of ether oxygens (including phenoxy) is 3. The minimum absolute atomic E-state index is 0.213. The van der Waals surface area contributed by atoms with Gasteiger partial charge in [-0.1, -0.05) is 12.1 Å². The van der Waals surface area contributed by atoms with Crippen LogP contribution in [0.5, 0.6) is 0 Å². The van der Waals surface area contributed by atoms with Crippen LogP contribution in [0.3, 0.4) is 0 Å². The van der Waals surface area contributed by atoms with Gasteiger partial charge in [-0.2, -0.15) is 0 Å². The largest absolute Gasteiger partial charge is 0.457 e. The van der Waals surface area contributed by atoms with E-state index in [1.807, 2.05) is 0 Å². The van der Waals surface area contributed by atoms with Crippen molar-refractivity contribution in [2.45, 2.75) is 19.5 Å². The van der Waals surface area contributed by atoms with Crippen LogP contribution in [0.15, 0.2) is 47.9 Å². The Morgan fingerprint density at radius 2 is 1.84 bits per heavy atom. The van der Waals surface area contributed by atoms with E-state index in [4.69, 9.17) is 14.2 Å². The van der Waals surface area contributed by atoms with Crippen molar-refractivity contribution in [2.75, 3.05) is 7.11 Å². The highest BCUT2D eigenvalue weighted by Crippen LogP contribution is 2.28. The highest BCUT2D eigenvalue weighted by molar-refractivity contribution is 6.22. The van der Waals surface area contributed by atoms with E-state index in [9.17, 15) is 19.5 Å². The molecule has 0 bridgehead atoms. The van der Waals surface area contributed by atoms with Crippen LogP contribution in [0.2, 0.25) is 0 Å². The van der Waals surface area contributed by atoms with Crippen molar-refractivity contribution in [2.24, 2.45) is 0 Å². The molecule has 0 spiro atoms. The van der Waals surface area contributed by atoms with Crippen LogP contribution >= 0.6 is 0 Å². The molecule has 8 heteroatoms. The first kappa shape index (κ1) is 16.9. The minimum atomic E-state index is -1.59. The van der Waals surface area contributed by atoms with E-state index >= 15 is 0 Å². The van der Waals surface area contributed by atoms with Crippen LogP contribution in [0.1, 0.15) is 27.6 Å². The zero-order chi connectivity index (χ0) is 18.1. The van der Waals surface area contributed by atoms with Gasteiger partial charge in [0.25, 0.3) is 18.1 Å². The van der Waals surface area contributed by atoms with Crippen molar-refractivity contribution >= 4 is 17.8 Å². The number of esters is 1. The molecule has 0 aliphatic carbocycles. The van der Waals surface area contributed by atoms with Gasteiger partial charge in [-0.15, -0.1) is 0 Å². The zero-order valence-electron chi connectivity index (χ0n) is 13.5. The van der Waals surface area contributed by atoms with E-state index in [1.54, 1.807) is 19.1 Å². The third-order valence-electron chi connectivity index (χ3n) is 3.78. The molecule has 2 unspecified atom stereocenters. The maximum atomic E-state index is 12.5. The number of cyclic esters (lactones) is 1. The Morgan fingerprint density at radius 3 is 2.32 bits per heavy atom. The molecule has 3 rings (SSSR count). The number of imide groups is 1. The number of fused-ring (bicyclic) bond motifs is 1. The first-order chi connectivity index (χ1) is 11.9. The summed E-state index contributed by atoms with van der Waals surface area (Å²) in [4.78, 5) is 37.1. The Kier molecular flexibility index (Phi) is 4.39. The fraction of sp³-hybridized carbons (Fsp3) is 0.235. The molecule has 0 saturated heterocycles. The lowest BCUT2D eigenvalue weighted by Gasteiger charge is -2.22. The molecule has 0 aromatic heterocycles. The molecule has 2 aliphatic rings. The van der Waals surface area contributed by atoms with Gasteiger partial charge in [-0.05, 0) is 19.1 Å². The second-order valence-corrected chi connectivity index (χ2v) is 5.38. The molecular weight excluding hydrogens is 330 g/mol. The van der Waals surface area contributed by atoms with Crippen LogP contribution in [-0.2, 0) is 19.0 Å². The third kappa shape index (κ3) is 2.92. The van der Waals surface area contributed by atoms with E-state index < -0.39 is 30.4 Å². The summed E-state index contributed by atoms with van der Waals surface area (Å²) in [7, 11) is 1.20. The van der Waals surface area contributed by atoms with Gasteiger partial charge in [-0.25, -0.2) is 9.69 Å².